The number of allylic oxidation sites excluding steroid dienone is 2. The van der Waals surface area contributed by atoms with Gasteiger partial charge in [-0.15, -0.1) is 5.10 Å². The summed E-state index contributed by atoms with van der Waals surface area (Å²) < 4.78 is 0. The fourth-order valence-electron chi connectivity index (χ4n) is 5.93. The Bertz CT molecular complexity index is 1500. The molecule has 2 bridgehead atoms. The maximum Gasteiger partial charge on any atom is 0.263 e. The average Bonchev–Trinajstić information content (AvgIpc) is 3.78. The van der Waals surface area contributed by atoms with E-state index in [9.17, 15) is 14.7 Å². The molecule has 2 aliphatic rings. The summed E-state index contributed by atoms with van der Waals surface area (Å²) in [6, 6.07) is 13.6. The zero-order chi connectivity index (χ0) is 27.5. The number of fused-ring (bicyclic) bond motifs is 3. The van der Waals surface area contributed by atoms with Gasteiger partial charge in [0.15, 0.2) is 0 Å². The molecule has 2 aromatic heterocycles. The van der Waals surface area contributed by atoms with Crippen LogP contribution in [0.25, 0.3) is 10.9 Å². The summed E-state index contributed by atoms with van der Waals surface area (Å²) in [6.07, 6.45) is 8.94. The van der Waals surface area contributed by atoms with Crippen LogP contribution in [0.15, 0.2) is 66.9 Å². The third-order valence-electron chi connectivity index (χ3n) is 7.96. The molecule has 4 aromatic rings. The number of rotatable bonds is 11. The van der Waals surface area contributed by atoms with Crippen LogP contribution >= 0.6 is 0 Å². The molecule has 2 aromatic carbocycles. The fraction of sp³-hybridized carbons (Fsp3) is 0.345. The second-order valence-corrected chi connectivity index (χ2v) is 10.7. The molecule has 6 rings (SSSR count). The Morgan fingerprint density at radius 1 is 1.02 bits per heavy atom. The molecule has 11 heteroatoms. The van der Waals surface area contributed by atoms with E-state index in [0.29, 0.717) is 31.3 Å². The van der Waals surface area contributed by atoms with Crippen molar-refractivity contribution in [2.24, 2.45) is 17.8 Å². The van der Waals surface area contributed by atoms with E-state index in [1.807, 2.05) is 30.5 Å². The topological polar surface area (TPSA) is 161 Å². The number of hydrogen-bond acceptors (Lipinski definition) is 7. The molecule has 0 spiro atoms. The SMILES string of the molecule is O=C(N[C@H](CNc1nn[nH]n1)Cc1c[nH]c2ccccc12)[C@H](Cc1ccc(O)cc1)NC(=O)[C@@H]1C[C@@H]2C=C[C@H]1C2. The first-order chi connectivity index (χ1) is 19.5. The number of phenolic OH excluding ortho intramolecular Hbond substituents is 1. The van der Waals surface area contributed by atoms with Gasteiger partial charge >= 0.3 is 0 Å². The number of aromatic amines is 2. The number of aromatic hydroxyl groups is 1. The zero-order valence-electron chi connectivity index (χ0n) is 21.9. The van der Waals surface area contributed by atoms with E-state index in [1.165, 1.54) is 0 Å². The van der Waals surface area contributed by atoms with E-state index in [4.69, 9.17) is 0 Å². The maximum atomic E-state index is 13.8. The minimum atomic E-state index is -0.782. The van der Waals surface area contributed by atoms with Gasteiger partial charge < -0.3 is 26.0 Å². The number of anilines is 1. The van der Waals surface area contributed by atoms with E-state index in [-0.39, 0.29) is 35.4 Å². The first kappa shape index (κ1) is 25.6. The lowest BCUT2D eigenvalue weighted by Crippen LogP contribution is -2.53. The molecule has 0 unspecified atom stereocenters. The van der Waals surface area contributed by atoms with Crippen molar-refractivity contribution in [2.45, 2.75) is 37.8 Å². The van der Waals surface area contributed by atoms with E-state index in [0.717, 1.165) is 34.9 Å². The minimum absolute atomic E-state index is 0.0890. The van der Waals surface area contributed by atoms with Gasteiger partial charge in [0, 0.05) is 36.0 Å². The molecule has 40 heavy (non-hydrogen) atoms. The van der Waals surface area contributed by atoms with Crippen molar-refractivity contribution in [3.63, 3.8) is 0 Å². The van der Waals surface area contributed by atoms with Crippen LogP contribution in [0.2, 0.25) is 0 Å². The van der Waals surface area contributed by atoms with Crippen molar-refractivity contribution in [3.8, 4) is 5.75 Å². The highest BCUT2D eigenvalue weighted by molar-refractivity contribution is 5.89. The predicted octanol–water partition coefficient (Wildman–Crippen LogP) is 2.47. The van der Waals surface area contributed by atoms with Crippen LogP contribution in [0, 0.1) is 17.8 Å². The summed E-state index contributed by atoms with van der Waals surface area (Å²) in [5.41, 5.74) is 2.92. The Morgan fingerprint density at radius 2 is 1.88 bits per heavy atom. The van der Waals surface area contributed by atoms with Crippen LogP contribution in [0.5, 0.6) is 5.75 Å². The molecule has 0 saturated heterocycles. The van der Waals surface area contributed by atoms with Crippen LogP contribution < -0.4 is 16.0 Å². The minimum Gasteiger partial charge on any atom is -0.508 e. The number of tetrazole rings is 1. The van der Waals surface area contributed by atoms with Gasteiger partial charge in [0.2, 0.25) is 11.8 Å². The van der Waals surface area contributed by atoms with Crippen molar-refractivity contribution in [1.29, 1.82) is 0 Å². The van der Waals surface area contributed by atoms with Crippen molar-refractivity contribution >= 4 is 28.7 Å². The van der Waals surface area contributed by atoms with Crippen LogP contribution in [0.4, 0.5) is 5.95 Å². The van der Waals surface area contributed by atoms with E-state index in [2.05, 4.69) is 53.7 Å². The first-order valence-electron chi connectivity index (χ1n) is 13.6. The van der Waals surface area contributed by atoms with Gasteiger partial charge in [-0.2, -0.15) is 5.21 Å². The van der Waals surface area contributed by atoms with Gasteiger partial charge in [-0.05, 0) is 65.6 Å². The van der Waals surface area contributed by atoms with Gasteiger partial charge in [0.05, 0.1) is 6.04 Å². The summed E-state index contributed by atoms with van der Waals surface area (Å²) in [6.45, 7) is 0.349. The molecule has 0 radical (unpaired) electrons. The molecule has 206 valence electrons. The molecule has 2 aliphatic carbocycles. The standard InChI is InChI=1S/C29H32N8O3/c38-22-9-6-17(7-10-22)13-26(33-27(39)24-12-18-5-8-19(24)11-18)28(40)32-21(16-31-29-34-36-37-35-29)14-20-15-30-25-4-2-1-3-23(20)25/h1-10,15,18-19,21,24,26,30,38H,11-14,16H2,(H,32,40)(H,33,39)(H2,31,34,35,36,37)/t18-,19+,21+,24-,26+/m1/s1. The Hall–Kier alpha value is -4.67. The number of nitrogens with one attached hydrogen (secondary N) is 5. The predicted molar refractivity (Wildman–Crippen MR) is 149 cm³/mol. The molecule has 0 aliphatic heterocycles. The molecular weight excluding hydrogens is 508 g/mol. The summed E-state index contributed by atoms with van der Waals surface area (Å²) >= 11 is 0. The summed E-state index contributed by atoms with van der Waals surface area (Å²) in [5.74, 6) is 0.671. The number of nitrogens with zero attached hydrogens (tertiary/aromatic N) is 3. The number of carbonyl (C=O) groups is 2. The second kappa shape index (κ2) is 11.2. The Kier molecular flexibility index (Phi) is 7.17. The van der Waals surface area contributed by atoms with Gasteiger partial charge in [-0.3, -0.25) is 9.59 Å². The van der Waals surface area contributed by atoms with Crippen molar-refractivity contribution in [3.05, 3.63) is 78.0 Å². The number of phenols is 1. The lowest BCUT2D eigenvalue weighted by molar-refractivity contribution is -0.131. The van der Waals surface area contributed by atoms with Gasteiger partial charge in [0.1, 0.15) is 11.8 Å². The highest BCUT2D eigenvalue weighted by Gasteiger charge is 2.40. The second-order valence-electron chi connectivity index (χ2n) is 10.7. The van der Waals surface area contributed by atoms with Crippen LogP contribution in [-0.2, 0) is 22.4 Å². The Balaban J connectivity index is 1.21. The molecule has 1 fully saturated rings. The average molecular weight is 541 g/mol. The van der Waals surface area contributed by atoms with Crippen molar-refractivity contribution in [1.82, 2.24) is 36.2 Å². The quantitative estimate of drug-likeness (QED) is 0.159. The van der Waals surface area contributed by atoms with E-state index < -0.39 is 6.04 Å². The lowest BCUT2D eigenvalue weighted by Gasteiger charge is -2.26. The monoisotopic (exact) mass is 540 g/mol. The molecule has 2 amide bonds. The third-order valence-corrected chi connectivity index (χ3v) is 7.96. The van der Waals surface area contributed by atoms with Crippen molar-refractivity contribution < 1.29 is 14.7 Å². The fourth-order valence-corrected chi connectivity index (χ4v) is 5.93. The third kappa shape index (κ3) is 5.68. The van der Waals surface area contributed by atoms with Crippen LogP contribution in [-0.4, -0.2) is 61.2 Å². The number of H-pyrrole nitrogens is 2. The summed E-state index contributed by atoms with van der Waals surface area (Å²) in [5, 5.41) is 34.1. The Labute approximate surface area is 230 Å². The number of aromatic nitrogens is 5. The number of benzene rings is 2. The summed E-state index contributed by atoms with van der Waals surface area (Å²) in [7, 11) is 0. The first-order valence-corrected chi connectivity index (χ1v) is 13.6. The molecule has 5 atom stereocenters. The molecule has 11 nitrogen and oxygen atoms in total. The lowest BCUT2D eigenvalue weighted by atomic mass is 9.92. The summed E-state index contributed by atoms with van der Waals surface area (Å²) in [4.78, 5) is 30.5. The van der Waals surface area contributed by atoms with Crippen molar-refractivity contribution in [2.75, 3.05) is 11.9 Å². The maximum absolute atomic E-state index is 13.8. The van der Waals surface area contributed by atoms with Gasteiger partial charge in [-0.25, -0.2) is 0 Å². The molecule has 6 N–H and O–H groups in total. The normalized spacial score (nSPS) is 20.9. The van der Waals surface area contributed by atoms with Crippen LogP contribution in [0.3, 0.4) is 0 Å². The smallest absolute Gasteiger partial charge is 0.263 e. The van der Waals surface area contributed by atoms with E-state index >= 15 is 0 Å². The van der Waals surface area contributed by atoms with Gasteiger partial charge in [-0.1, -0.05) is 47.6 Å². The molecule has 1 saturated carbocycles. The largest absolute Gasteiger partial charge is 0.508 e. The number of amides is 2. The highest BCUT2D eigenvalue weighted by atomic mass is 16.3. The van der Waals surface area contributed by atoms with E-state index in [1.54, 1.807) is 24.3 Å². The number of hydrogen-bond donors (Lipinski definition) is 6. The van der Waals surface area contributed by atoms with Gasteiger partial charge in [0.25, 0.3) is 5.95 Å². The van der Waals surface area contributed by atoms with Crippen LogP contribution in [0.1, 0.15) is 24.0 Å². The number of carbonyl (C=O) groups excluding carboxylic acids is 2. The zero-order valence-corrected chi connectivity index (χ0v) is 21.9. The highest BCUT2D eigenvalue weighted by Crippen LogP contribution is 2.43. The molecule has 2 heterocycles. The number of para-hydroxylation sites is 1. The Morgan fingerprint density at radius 3 is 2.62 bits per heavy atom. The molecular formula is C29H32N8O3.